The van der Waals surface area contributed by atoms with Crippen LogP contribution in [0.4, 0.5) is 0 Å². The van der Waals surface area contributed by atoms with Crippen LogP contribution in [0.5, 0.6) is 0 Å². The minimum atomic E-state index is 0. The molecule has 2 rings (SSSR count). The topological polar surface area (TPSA) is 49.3 Å². The molecule has 0 bridgehead atoms. The van der Waals surface area contributed by atoms with E-state index >= 15 is 0 Å². The summed E-state index contributed by atoms with van der Waals surface area (Å²) in [6.07, 6.45) is 2.62. The Morgan fingerprint density at radius 2 is 1.92 bits per heavy atom. The Labute approximate surface area is 164 Å². The van der Waals surface area contributed by atoms with Crippen LogP contribution >= 0.6 is 24.0 Å². The molecule has 0 radical (unpaired) electrons. The van der Waals surface area contributed by atoms with Crippen LogP contribution in [-0.2, 0) is 9.47 Å². The van der Waals surface area contributed by atoms with Crippen LogP contribution in [0.3, 0.4) is 0 Å². The van der Waals surface area contributed by atoms with Crippen LogP contribution in [-0.4, -0.2) is 88.0 Å². The monoisotopic (exact) mass is 454 g/mol. The van der Waals surface area contributed by atoms with Crippen molar-refractivity contribution in [2.75, 3.05) is 66.1 Å². The van der Waals surface area contributed by atoms with Gasteiger partial charge in [-0.15, -0.1) is 24.0 Å². The van der Waals surface area contributed by atoms with Crippen molar-refractivity contribution in [2.45, 2.75) is 32.8 Å². The van der Waals surface area contributed by atoms with Gasteiger partial charge in [-0.05, 0) is 25.7 Å². The molecule has 0 amide bonds. The van der Waals surface area contributed by atoms with E-state index in [1.807, 2.05) is 7.05 Å². The molecule has 2 aliphatic rings. The second-order valence-electron chi connectivity index (χ2n) is 6.59. The van der Waals surface area contributed by atoms with E-state index in [-0.39, 0.29) is 24.0 Å². The van der Waals surface area contributed by atoms with E-state index in [0.717, 1.165) is 77.9 Å². The Kier molecular flexibility index (Phi) is 11.2. The number of guanidine groups is 1. The lowest BCUT2D eigenvalue weighted by Crippen LogP contribution is -2.48. The number of piperidine rings is 1. The average molecular weight is 454 g/mol. The van der Waals surface area contributed by atoms with Crippen LogP contribution in [0, 0.1) is 5.92 Å². The molecule has 1 unspecified atom stereocenters. The van der Waals surface area contributed by atoms with Gasteiger partial charge in [0.25, 0.3) is 0 Å². The van der Waals surface area contributed by atoms with Crippen molar-refractivity contribution in [2.24, 2.45) is 10.9 Å². The number of aliphatic imine (C=N–C) groups is 1. The van der Waals surface area contributed by atoms with Crippen LogP contribution in [0.25, 0.3) is 0 Å². The van der Waals surface area contributed by atoms with Crippen molar-refractivity contribution in [3.63, 3.8) is 0 Å². The van der Waals surface area contributed by atoms with Gasteiger partial charge in [0, 0.05) is 52.9 Å². The van der Waals surface area contributed by atoms with E-state index in [2.05, 4.69) is 34.0 Å². The summed E-state index contributed by atoms with van der Waals surface area (Å²) in [5.41, 5.74) is 0. The van der Waals surface area contributed by atoms with Gasteiger partial charge < -0.3 is 19.7 Å². The molecule has 2 heterocycles. The second kappa shape index (κ2) is 12.3. The molecule has 0 spiro atoms. The molecule has 6 nitrogen and oxygen atoms in total. The van der Waals surface area contributed by atoms with Gasteiger partial charge in [-0.25, -0.2) is 0 Å². The molecular formula is C17H35IN4O2. The van der Waals surface area contributed by atoms with Crippen LogP contribution < -0.4 is 5.32 Å². The zero-order valence-corrected chi connectivity index (χ0v) is 17.8. The molecule has 0 aliphatic carbocycles. The number of ether oxygens (including phenoxy) is 2. The number of nitrogens with one attached hydrogen (secondary N) is 1. The van der Waals surface area contributed by atoms with E-state index in [0.29, 0.717) is 12.0 Å². The number of hydrogen-bond donors (Lipinski definition) is 1. The molecule has 142 valence electrons. The molecule has 0 aromatic rings. The fraction of sp³-hybridized carbons (Fsp3) is 0.941. The Balaban J connectivity index is 0.00000288. The summed E-state index contributed by atoms with van der Waals surface area (Å²) < 4.78 is 11.1. The third kappa shape index (κ3) is 7.41. The fourth-order valence-corrected chi connectivity index (χ4v) is 3.36. The number of likely N-dealkylation sites (tertiary alicyclic amines) is 1. The maximum Gasteiger partial charge on any atom is 0.193 e. The third-order valence-corrected chi connectivity index (χ3v) is 4.64. The maximum atomic E-state index is 5.72. The number of hydrogen-bond acceptors (Lipinski definition) is 4. The largest absolute Gasteiger partial charge is 0.379 e. The van der Waals surface area contributed by atoms with Gasteiger partial charge in [0.2, 0.25) is 0 Å². The molecule has 1 N–H and O–H groups in total. The summed E-state index contributed by atoms with van der Waals surface area (Å²) in [4.78, 5) is 9.31. The Hall–Kier alpha value is -0.120. The highest BCUT2D eigenvalue weighted by Gasteiger charge is 2.22. The first kappa shape index (κ1) is 21.9. The normalized spacial score (nSPS) is 22.1. The summed E-state index contributed by atoms with van der Waals surface area (Å²) in [7, 11) is 1.88. The van der Waals surface area contributed by atoms with Gasteiger partial charge >= 0.3 is 0 Å². The van der Waals surface area contributed by atoms with Crippen molar-refractivity contribution in [1.29, 1.82) is 0 Å². The van der Waals surface area contributed by atoms with Gasteiger partial charge in [-0.1, -0.05) is 6.92 Å². The molecule has 7 heteroatoms. The SMILES string of the molecule is CCOC1CCN(C(=NC)NCC(C)CN2CCOCC2)CC1.I. The summed E-state index contributed by atoms with van der Waals surface area (Å²) in [5.74, 6) is 1.64. The number of morpholine rings is 1. The van der Waals surface area contributed by atoms with Crippen molar-refractivity contribution in [3.8, 4) is 0 Å². The van der Waals surface area contributed by atoms with Crippen molar-refractivity contribution < 1.29 is 9.47 Å². The van der Waals surface area contributed by atoms with E-state index in [9.17, 15) is 0 Å². The molecule has 2 aliphatic heterocycles. The first-order valence-corrected chi connectivity index (χ1v) is 9.10. The fourth-order valence-electron chi connectivity index (χ4n) is 3.36. The molecule has 0 aromatic carbocycles. The van der Waals surface area contributed by atoms with Crippen LogP contribution in [0.15, 0.2) is 4.99 Å². The standard InChI is InChI=1S/C17H34N4O2.HI/c1-4-23-16-5-7-21(8-6-16)17(18-3)19-13-15(2)14-20-9-11-22-12-10-20;/h15-16H,4-14H2,1-3H3,(H,18,19);1H. The van der Waals surface area contributed by atoms with E-state index in [1.165, 1.54) is 0 Å². The zero-order valence-electron chi connectivity index (χ0n) is 15.5. The Morgan fingerprint density at radius 3 is 2.50 bits per heavy atom. The minimum absolute atomic E-state index is 0. The minimum Gasteiger partial charge on any atom is -0.379 e. The molecular weight excluding hydrogens is 419 g/mol. The zero-order chi connectivity index (χ0) is 16.5. The van der Waals surface area contributed by atoms with Gasteiger partial charge in [-0.2, -0.15) is 0 Å². The molecule has 2 saturated heterocycles. The highest BCUT2D eigenvalue weighted by Crippen LogP contribution is 2.13. The third-order valence-electron chi connectivity index (χ3n) is 4.64. The summed E-state index contributed by atoms with van der Waals surface area (Å²) >= 11 is 0. The Morgan fingerprint density at radius 1 is 1.25 bits per heavy atom. The van der Waals surface area contributed by atoms with Crippen molar-refractivity contribution in [1.82, 2.24) is 15.1 Å². The number of nitrogens with zero attached hydrogens (tertiary/aromatic N) is 3. The van der Waals surface area contributed by atoms with E-state index < -0.39 is 0 Å². The first-order chi connectivity index (χ1) is 11.2. The summed E-state index contributed by atoms with van der Waals surface area (Å²) in [6, 6.07) is 0. The predicted octanol–water partition coefficient (Wildman–Crippen LogP) is 1.65. The van der Waals surface area contributed by atoms with Crippen LogP contribution in [0.1, 0.15) is 26.7 Å². The number of halogens is 1. The lowest BCUT2D eigenvalue weighted by molar-refractivity contribution is 0.0260. The first-order valence-electron chi connectivity index (χ1n) is 9.10. The lowest BCUT2D eigenvalue weighted by atomic mass is 10.1. The quantitative estimate of drug-likeness (QED) is 0.376. The highest BCUT2D eigenvalue weighted by atomic mass is 127. The molecule has 1 atom stereocenters. The van der Waals surface area contributed by atoms with Gasteiger partial charge in [0.15, 0.2) is 5.96 Å². The summed E-state index contributed by atoms with van der Waals surface area (Å²) in [6.45, 7) is 13.2. The smallest absolute Gasteiger partial charge is 0.193 e. The highest BCUT2D eigenvalue weighted by molar-refractivity contribution is 14.0. The molecule has 24 heavy (non-hydrogen) atoms. The van der Waals surface area contributed by atoms with E-state index in [1.54, 1.807) is 0 Å². The van der Waals surface area contributed by atoms with Crippen molar-refractivity contribution in [3.05, 3.63) is 0 Å². The average Bonchev–Trinajstić information content (AvgIpc) is 2.58. The van der Waals surface area contributed by atoms with Gasteiger partial charge in [0.1, 0.15) is 0 Å². The maximum absolute atomic E-state index is 5.72. The predicted molar refractivity (Wildman–Crippen MR) is 109 cm³/mol. The molecule has 2 fully saturated rings. The second-order valence-corrected chi connectivity index (χ2v) is 6.59. The summed E-state index contributed by atoms with van der Waals surface area (Å²) in [5, 5.41) is 3.55. The van der Waals surface area contributed by atoms with Gasteiger partial charge in [0.05, 0.1) is 19.3 Å². The van der Waals surface area contributed by atoms with Crippen molar-refractivity contribution >= 4 is 29.9 Å². The Bertz CT molecular complexity index is 356. The van der Waals surface area contributed by atoms with Gasteiger partial charge in [-0.3, -0.25) is 9.89 Å². The lowest BCUT2D eigenvalue weighted by Gasteiger charge is -2.35. The van der Waals surface area contributed by atoms with E-state index in [4.69, 9.17) is 9.47 Å². The number of rotatable bonds is 6. The molecule has 0 aromatic heterocycles. The molecule has 0 saturated carbocycles. The van der Waals surface area contributed by atoms with Crippen LogP contribution in [0.2, 0.25) is 0 Å².